The van der Waals surface area contributed by atoms with Crippen molar-refractivity contribution in [3.8, 4) is 0 Å². The highest BCUT2D eigenvalue weighted by Gasteiger charge is 1.88. The molecule has 4 nitrogen and oxygen atoms in total. The van der Waals surface area contributed by atoms with Gasteiger partial charge < -0.3 is 0 Å². The Labute approximate surface area is 47.2 Å². The largest absolute Gasteiger partial charge is 0.240 e. The van der Waals surface area contributed by atoms with Gasteiger partial charge >= 0.3 is 0 Å². The van der Waals surface area contributed by atoms with Crippen molar-refractivity contribution in [1.29, 1.82) is 0 Å². The van der Waals surface area contributed by atoms with Gasteiger partial charge in [-0.3, -0.25) is 0 Å². The quantitative estimate of drug-likeness (QED) is 0.312. The molecule has 0 aliphatic heterocycles. The van der Waals surface area contributed by atoms with E-state index in [1.165, 1.54) is 12.2 Å². The zero-order valence-electron chi connectivity index (χ0n) is 4.16. The van der Waals surface area contributed by atoms with Crippen molar-refractivity contribution in [3.05, 3.63) is 0 Å². The third-order valence-corrected chi connectivity index (χ3v) is 1.11. The van der Waals surface area contributed by atoms with Gasteiger partial charge in [0.05, 0.1) is 0 Å². The molecule has 8 heavy (non-hydrogen) atoms. The topological polar surface area (TPSA) is 58.9 Å². The standard InChI is InChI=1S/C3H3N2O2P/c1-8(4-2-6)5-3-7/h1H3. The second-order valence-electron chi connectivity index (χ2n) is 0.872. The molecule has 0 aliphatic carbocycles. The van der Waals surface area contributed by atoms with Crippen molar-refractivity contribution in [2.24, 2.45) is 9.53 Å². The Hall–Kier alpha value is -0.810. The van der Waals surface area contributed by atoms with Crippen LogP contribution in [0.25, 0.3) is 0 Å². The summed E-state index contributed by atoms with van der Waals surface area (Å²) in [4.78, 5) is 18.8. The Morgan fingerprint density at radius 3 is 1.88 bits per heavy atom. The first-order chi connectivity index (χ1) is 3.81. The van der Waals surface area contributed by atoms with Gasteiger partial charge in [0.15, 0.2) is 8.22 Å². The Morgan fingerprint density at radius 1 is 1.25 bits per heavy atom. The number of isocyanates is 2. The van der Waals surface area contributed by atoms with Crippen LogP contribution in [-0.2, 0) is 9.59 Å². The first-order valence-electron chi connectivity index (χ1n) is 1.70. The summed E-state index contributed by atoms with van der Waals surface area (Å²) >= 11 is 0. The normalized spacial score (nSPS) is 10.6. The summed E-state index contributed by atoms with van der Waals surface area (Å²) in [7, 11) is -1.18. The van der Waals surface area contributed by atoms with E-state index in [4.69, 9.17) is 0 Å². The summed E-state index contributed by atoms with van der Waals surface area (Å²) < 4.78 is 6.29. The summed E-state index contributed by atoms with van der Waals surface area (Å²) in [6, 6.07) is 0. The first-order valence-corrected chi connectivity index (χ1v) is 3.40. The fourth-order valence-corrected chi connectivity index (χ4v) is 0.422. The van der Waals surface area contributed by atoms with Crippen molar-refractivity contribution in [2.45, 2.75) is 0 Å². The summed E-state index contributed by atoms with van der Waals surface area (Å²) in [5.74, 6) is 0. The van der Waals surface area contributed by atoms with E-state index in [9.17, 15) is 9.59 Å². The molecule has 0 fully saturated rings. The van der Waals surface area contributed by atoms with E-state index in [0.29, 0.717) is 0 Å². The summed E-state index contributed by atoms with van der Waals surface area (Å²) in [5.41, 5.74) is 0. The summed E-state index contributed by atoms with van der Waals surface area (Å²) in [6.07, 6.45) is 2.57. The van der Waals surface area contributed by atoms with Crippen LogP contribution in [0.4, 0.5) is 0 Å². The van der Waals surface area contributed by atoms with Gasteiger partial charge in [-0.15, -0.1) is 0 Å². The molecule has 0 N–H and O–H groups in total. The van der Waals surface area contributed by atoms with Gasteiger partial charge in [-0.05, 0) is 6.66 Å². The third kappa shape index (κ3) is 3.38. The maximum atomic E-state index is 9.42. The van der Waals surface area contributed by atoms with Crippen molar-refractivity contribution in [3.63, 3.8) is 0 Å². The van der Waals surface area contributed by atoms with Crippen LogP contribution in [0.15, 0.2) is 9.53 Å². The highest BCUT2D eigenvalue weighted by molar-refractivity contribution is 7.54. The molecule has 0 aromatic rings. The monoisotopic (exact) mass is 130 g/mol. The van der Waals surface area contributed by atoms with E-state index in [-0.39, 0.29) is 0 Å². The van der Waals surface area contributed by atoms with Gasteiger partial charge in [-0.25, -0.2) is 9.59 Å². The Bertz CT molecular complexity index is 139. The third-order valence-electron chi connectivity index (χ3n) is 0.371. The molecule has 0 spiro atoms. The SMILES string of the molecule is CP(N=C=O)N=C=O. The second kappa shape index (κ2) is 4.35. The van der Waals surface area contributed by atoms with Crippen molar-refractivity contribution in [2.75, 3.05) is 6.66 Å². The van der Waals surface area contributed by atoms with Crippen LogP contribution >= 0.6 is 8.22 Å². The summed E-state index contributed by atoms with van der Waals surface area (Å²) in [5, 5.41) is 0. The van der Waals surface area contributed by atoms with Crippen LogP contribution in [-0.4, -0.2) is 18.8 Å². The average Bonchev–Trinajstić information content (AvgIpc) is 1.68. The molecule has 0 atom stereocenters. The molecule has 0 rings (SSSR count). The van der Waals surface area contributed by atoms with Crippen LogP contribution in [0, 0.1) is 0 Å². The van der Waals surface area contributed by atoms with Gasteiger partial charge in [0.2, 0.25) is 12.2 Å². The lowest BCUT2D eigenvalue weighted by atomic mass is 11.7. The lowest BCUT2D eigenvalue weighted by molar-refractivity contribution is 0.566. The smallest absolute Gasteiger partial charge is 0.211 e. The number of rotatable bonds is 2. The van der Waals surface area contributed by atoms with Crippen LogP contribution in [0.1, 0.15) is 0 Å². The highest BCUT2D eigenvalue weighted by atomic mass is 31.1. The van der Waals surface area contributed by atoms with Gasteiger partial charge in [0.25, 0.3) is 0 Å². The molecule has 0 saturated carbocycles. The second-order valence-corrected chi connectivity index (χ2v) is 2.25. The van der Waals surface area contributed by atoms with Crippen molar-refractivity contribution in [1.82, 2.24) is 0 Å². The first kappa shape index (κ1) is 7.19. The van der Waals surface area contributed by atoms with E-state index in [2.05, 4.69) is 9.53 Å². The predicted molar refractivity (Wildman–Crippen MR) is 29.1 cm³/mol. The number of hydrogen-bond donors (Lipinski definition) is 0. The number of carbonyl (C=O) groups excluding carboxylic acids is 2. The number of nitrogens with zero attached hydrogens (tertiary/aromatic N) is 2. The molecule has 0 amide bonds. The van der Waals surface area contributed by atoms with E-state index in [1.54, 1.807) is 6.66 Å². The van der Waals surface area contributed by atoms with Crippen LogP contribution in [0.3, 0.4) is 0 Å². The van der Waals surface area contributed by atoms with E-state index < -0.39 is 8.22 Å². The van der Waals surface area contributed by atoms with Gasteiger partial charge in [-0.2, -0.15) is 9.53 Å². The van der Waals surface area contributed by atoms with E-state index in [1.807, 2.05) is 0 Å². The minimum atomic E-state index is -1.18. The molecule has 0 unspecified atom stereocenters. The number of hydrogen-bond acceptors (Lipinski definition) is 4. The Balaban J connectivity index is 3.82. The molecule has 0 radical (unpaired) electrons. The van der Waals surface area contributed by atoms with Crippen LogP contribution < -0.4 is 0 Å². The Morgan fingerprint density at radius 2 is 1.62 bits per heavy atom. The zero-order valence-corrected chi connectivity index (χ0v) is 5.05. The molecule has 0 aromatic heterocycles. The van der Waals surface area contributed by atoms with E-state index >= 15 is 0 Å². The fraction of sp³-hybridized carbons (Fsp3) is 0.333. The molecule has 5 heteroatoms. The molecule has 0 heterocycles. The average molecular weight is 130 g/mol. The summed E-state index contributed by atoms with van der Waals surface area (Å²) in [6.45, 7) is 1.55. The molecule has 0 saturated heterocycles. The van der Waals surface area contributed by atoms with Crippen LogP contribution in [0.5, 0.6) is 0 Å². The fourth-order valence-electron chi connectivity index (χ4n) is 0.141. The lowest BCUT2D eigenvalue weighted by Gasteiger charge is -1.83. The molecular weight excluding hydrogens is 127 g/mol. The molecule has 0 aromatic carbocycles. The lowest BCUT2D eigenvalue weighted by Crippen LogP contribution is -1.55. The van der Waals surface area contributed by atoms with Gasteiger partial charge in [0.1, 0.15) is 0 Å². The zero-order chi connectivity index (χ0) is 6.41. The van der Waals surface area contributed by atoms with Crippen LogP contribution in [0.2, 0.25) is 0 Å². The van der Waals surface area contributed by atoms with Gasteiger partial charge in [0, 0.05) is 0 Å². The van der Waals surface area contributed by atoms with Crippen molar-refractivity contribution < 1.29 is 9.59 Å². The predicted octanol–water partition coefficient (Wildman–Crippen LogP) is 0.600. The van der Waals surface area contributed by atoms with Crippen molar-refractivity contribution >= 4 is 20.4 Å². The Kier molecular flexibility index (Phi) is 3.91. The minimum Gasteiger partial charge on any atom is -0.211 e. The molecule has 0 bridgehead atoms. The molecule has 42 valence electrons. The van der Waals surface area contributed by atoms with E-state index in [0.717, 1.165) is 0 Å². The van der Waals surface area contributed by atoms with Gasteiger partial charge in [-0.1, -0.05) is 0 Å². The maximum absolute atomic E-state index is 9.42. The highest BCUT2D eigenvalue weighted by Crippen LogP contribution is 2.31. The minimum absolute atomic E-state index is 1.18. The maximum Gasteiger partial charge on any atom is 0.240 e. The molecular formula is C3H3N2O2P. The molecule has 0 aliphatic rings.